The van der Waals surface area contributed by atoms with Gasteiger partial charge in [0.2, 0.25) is 0 Å². The third-order valence-corrected chi connectivity index (χ3v) is 11.7. The van der Waals surface area contributed by atoms with Crippen molar-refractivity contribution in [3.05, 3.63) is 122 Å². The zero-order chi connectivity index (χ0) is 50.6. The number of phosphoric acid groups is 1. The first-order chi connectivity index (χ1) is 33.5. The summed E-state index contributed by atoms with van der Waals surface area (Å²) in [6, 6.07) is 0. The summed E-state index contributed by atoms with van der Waals surface area (Å²) in [6.07, 6.45) is 69.8. The molecule has 0 aliphatic rings. The van der Waals surface area contributed by atoms with E-state index in [1.54, 1.807) is 0 Å². The molecule has 10 heteroatoms. The molecule has 0 aliphatic heterocycles. The second kappa shape index (κ2) is 49.4. The predicted molar refractivity (Wildman–Crippen MR) is 293 cm³/mol. The third kappa shape index (κ3) is 53.6. The lowest BCUT2D eigenvalue weighted by Crippen LogP contribution is -2.37. The van der Waals surface area contributed by atoms with Crippen LogP contribution in [0.15, 0.2) is 122 Å². The highest BCUT2D eigenvalue weighted by atomic mass is 31.2. The van der Waals surface area contributed by atoms with Gasteiger partial charge in [0.25, 0.3) is 0 Å². The Kier molecular flexibility index (Phi) is 46.8. The molecule has 0 saturated heterocycles. The van der Waals surface area contributed by atoms with E-state index in [1.807, 2.05) is 27.2 Å². The number of carbonyl (C=O) groups is 2. The van der Waals surface area contributed by atoms with Gasteiger partial charge in [-0.15, -0.1) is 0 Å². The van der Waals surface area contributed by atoms with E-state index in [2.05, 4.69) is 129 Å². The molecule has 0 radical (unpaired) electrons. The molecule has 0 rings (SSSR count). The maximum Gasteiger partial charge on any atom is 0.472 e. The Morgan fingerprint density at radius 1 is 0.464 bits per heavy atom. The lowest BCUT2D eigenvalue weighted by molar-refractivity contribution is -0.870. The Hall–Kier alpha value is -3.59. The van der Waals surface area contributed by atoms with Crippen molar-refractivity contribution in [2.75, 3.05) is 47.5 Å². The van der Waals surface area contributed by atoms with Crippen LogP contribution in [0.3, 0.4) is 0 Å². The molecular weight excluding hydrogens is 882 g/mol. The van der Waals surface area contributed by atoms with Crippen LogP contribution >= 0.6 is 7.82 Å². The summed E-state index contributed by atoms with van der Waals surface area (Å²) in [5.41, 5.74) is 0. The van der Waals surface area contributed by atoms with Crippen molar-refractivity contribution in [3.63, 3.8) is 0 Å². The van der Waals surface area contributed by atoms with Crippen molar-refractivity contribution in [1.29, 1.82) is 0 Å². The van der Waals surface area contributed by atoms with Gasteiger partial charge < -0.3 is 18.9 Å². The number of hydrogen-bond acceptors (Lipinski definition) is 7. The van der Waals surface area contributed by atoms with Gasteiger partial charge in [0, 0.05) is 12.8 Å². The minimum Gasteiger partial charge on any atom is -0.462 e. The minimum absolute atomic E-state index is 0.0127. The Morgan fingerprint density at radius 2 is 0.841 bits per heavy atom. The molecule has 0 bridgehead atoms. The quantitative estimate of drug-likeness (QED) is 0.0211. The average Bonchev–Trinajstić information content (AvgIpc) is 3.31. The van der Waals surface area contributed by atoms with Crippen molar-refractivity contribution in [1.82, 2.24) is 0 Å². The molecule has 0 fully saturated rings. The highest BCUT2D eigenvalue weighted by molar-refractivity contribution is 7.47. The molecule has 0 aromatic heterocycles. The summed E-state index contributed by atoms with van der Waals surface area (Å²) in [7, 11) is 1.42. The van der Waals surface area contributed by atoms with Crippen LogP contribution in [-0.4, -0.2) is 74.9 Å². The number of nitrogens with zero attached hydrogens (tertiary/aromatic N) is 1. The number of quaternary nitrogens is 1. The highest BCUT2D eigenvalue weighted by Gasteiger charge is 2.27. The number of phosphoric ester groups is 1. The van der Waals surface area contributed by atoms with E-state index in [-0.39, 0.29) is 26.1 Å². The normalized spacial score (nSPS) is 14.3. The van der Waals surface area contributed by atoms with E-state index in [0.29, 0.717) is 30.3 Å². The summed E-state index contributed by atoms with van der Waals surface area (Å²) in [6.45, 7) is 4.22. The lowest BCUT2D eigenvalue weighted by atomic mass is 10.1. The molecule has 0 amide bonds. The van der Waals surface area contributed by atoms with Crippen LogP contribution in [0.2, 0.25) is 0 Å². The Labute approximate surface area is 422 Å². The van der Waals surface area contributed by atoms with E-state index < -0.39 is 32.5 Å². The van der Waals surface area contributed by atoms with E-state index in [4.69, 9.17) is 18.5 Å². The third-order valence-electron chi connectivity index (χ3n) is 10.7. The fourth-order valence-corrected chi connectivity index (χ4v) is 7.34. The first-order valence-electron chi connectivity index (χ1n) is 26.8. The number of unbranched alkanes of at least 4 members (excludes halogenated alkanes) is 13. The van der Waals surface area contributed by atoms with Gasteiger partial charge in [-0.25, -0.2) is 4.57 Å². The van der Waals surface area contributed by atoms with Gasteiger partial charge >= 0.3 is 19.8 Å². The van der Waals surface area contributed by atoms with Crippen LogP contribution in [0.5, 0.6) is 0 Å². The number of ether oxygens (including phenoxy) is 2. The standard InChI is InChI=1S/C59H98NO8P/c1-6-8-10-12-14-16-18-20-22-24-25-26-27-28-29-30-31-32-33-34-35-36-38-40-42-44-46-48-50-52-59(62)68-57(56-67-69(63,64)66-54-53-60(3,4)5)55-65-58(61)51-49-47-45-43-41-39-37-23-21-19-17-15-13-11-9-7-2/h8,10,14,16,20,22-23,25-26,28-29,31-32,34-35,37-38,40,44,46,57H,6-7,9,11-13,15,17-19,21,24,27,30,33,36,39,41-43,45,47-56H2,1-5H3/p+1/b10-8-,16-14-,22-20-,26-25-,29-28-,32-31-,35-34-,37-23-,40-38-,46-44-. The van der Waals surface area contributed by atoms with Crippen LogP contribution in [0.25, 0.3) is 0 Å². The molecule has 2 unspecified atom stereocenters. The number of hydrogen-bond donors (Lipinski definition) is 1. The first kappa shape index (κ1) is 65.4. The molecule has 0 heterocycles. The molecule has 1 N–H and O–H groups in total. The molecule has 9 nitrogen and oxygen atoms in total. The van der Waals surface area contributed by atoms with Gasteiger partial charge in [0.05, 0.1) is 27.7 Å². The van der Waals surface area contributed by atoms with Gasteiger partial charge in [-0.2, -0.15) is 0 Å². The van der Waals surface area contributed by atoms with Crippen molar-refractivity contribution in [3.8, 4) is 0 Å². The summed E-state index contributed by atoms with van der Waals surface area (Å²) in [5, 5.41) is 0. The lowest BCUT2D eigenvalue weighted by Gasteiger charge is -2.24. The maximum absolute atomic E-state index is 12.8. The largest absolute Gasteiger partial charge is 0.472 e. The number of esters is 2. The second-order valence-electron chi connectivity index (χ2n) is 18.5. The van der Waals surface area contributed by atoms with Crippen molar-refractivity contribution < 1.29 is 42.1 Å². The average molecular weight is 981 g/mol. The first-order valence-corrected chi connectivity index (χ1v) is 28.3. The SMILES string of the molecule is CC/C=C\C/C=C\C/C=C\C/C=C\C/C=C\C/C=C\C/C=C\C/C=C\C/C=C\CCCC(=O)OC(COC(=O)CCCCCCC/C=C\CCCCCCCCC)COP(=O)(O)OCC[N+](C)(C)C. The molecule has 2 atom stereocenters. The predicted octanol–water partition coefficient (Wildman–Crippen LogP) is 16.4. The zero-order valence-electron chi connectivity index (χ0n) is 44.2. The Bertz CT molecular complexity index is 1580. The summed E-state index contributed by atoms with van der Waals surface area (Å²) in [4.78, 5) is 35.5. The summed E-state index contributed by atoms with van der Waals surface area (Å²) in [5.74, 6) is -0.887. The molecule has 0 saturated carbocycles. The monoisotopic (exact) mass is 981 g/mol. The highest BCUT2D eigenvalue weighted by Crippen LogP contribution is 2.43. The van der Waals surface area contributed by atoms with Crippen LogP contribution < -0.4 is 0 Å². The number of carbonyl (C=O) groups excluding carboxylic acids is 2. The topological polar surface area (TPSA) is 108 Å². The molecule has 0 aromatic rings. The van der Waals surface area contributed by atoms with E-state index >= 15 is 0 Å². The Morgan fingerprint density at radius 3 is 1.29 bits per heavy atom. The van der Waals surface area contributed by atoms with Crippen LogP contribution in [0.4, 0.5) is 0 Å². The minimum atomic E-state index is -4.41. The van der Waals surface area contributed by atoms with Crippen molar-refractivity contribution in [2.45, 2.75) is 193 Å². The summed E-state index contributed by atoms with van der Waals surface area (Å²) < 4.78 is 34.4. The van der Waals surface area contributed by atoms with E-state index in [0.717, 1.165) is 89.9 Å². The fourth-order valence-electron chi connectivity index (χ4n) is 6.60. The number of allylic oxidation sites excluding steroid dienone is 20. The van der Waals surface area contributed by atoms with Crippen molar-refractivity contribution >= 4 is 19.8 Å². The van der Waals surface area contributed by atoms with Gasteiger partial charge in [0.1, 0.15) is 19.8 Å². The van der Waals surface area contributed by atoms with Gasteiger partial charge in [0.15, 0.2) is 6.10 Å². The van der Waals surface area contributed by atoms with Crippen molar-refractivity contribution in [2.24, 2.45) is 0 Å². The van der Waals surface area contributed by atoms with Crippen LogP contribution in [-0.2, 0) is 32.7 Å². The van der Waals surface area contributed by atoms with Gasteiger partial charge in [-0.1, -0.05) is 193 Å². The number of likely N-dealkylation sites (N-methyl/N-ethyl adjacent to an activating group) is 1. The number of rotatable bonds is 47. The molecule has 0 aromatic carbocycles. The molecule has 0 aliphatic carbocycles. The van der Waals surface area contributed by atoms with E-state index in [1.165, 1.54) is 51.4 Å². The molecular formula is C59H99NO8P+. The second-order valence-corrected chi connectivity index (χ2v) is 20.0. The maximum atomic E-state index is 12.8. The van der Waals surface area contributed by atoms with Gasteiger partial charge in [-0.05, 0) is 103 Å². The molecule has 392 valence electrons. The van der Waals surface area contributed by atoms with Gasteiger partial charge in [-0.3, -0.25) is 18.6 Å². The summed E-state index contributed by atoms with van der Waals surface area (Å²) >= 11 is 0. The Balaban J connectivity index is 4.38. The fraction of sp³-hybridized carbons (Fsp3) is 0.627. The molecule has 69 heavy (non-hydrogen) atoms. The van der Waals surface area contributed by atoms with Crippen LogP contribution in [0.1, 0.15) is 187 Å². The van der Waals surface area contributed by atoms with E-state index in [9.17, 15) is 19.0 Å². The van der Waals surface area contributed by atoms with Crippen LogP contribution in [0, 0.1) is 0 Å². The zero-order valence-corrected chi connectivity index (χ0v) is 45.1. The smallest absolute Gasteiger partial charge is 0.462 e. The molecule has 0 spiro atoms.